The summed E-state index contributed by atoms with van der Waals surface area (Å²) in [6, 6.07) is 5.93. The molecule has 2 aromatic rings. The molecule has 1 unspecified atom stereocenters. The lowest BCUT2D eigenvalue weighted by Gasteiger charge is -2.31. The first-order valence-electron chi connectivity index (χ1n) is 8.56. The summed E-state index contributed by atoms with van der Waals surface area (Å²) in [6.07, 6.45) is 2.23. The summed E-state index contributed by atoms with van der Waals surface area (Å²) in [5.74, 6) is -0.898. The Morgan fingerprint density at radius 1 is 1.32 bits per heavy atom. The highest BCUT2D eigenvalue weighted by Gasteiger charge is 2.39. The van der Waals surface area contributed by atoms with Gasteiger partial charge in [-0.05, 0) is 50.8 Å². The summed E-state index contributed by atoms with van der Waals surface area (Å²) in [6.45, 7) is 10.5. The zero-order valence-electron chi connectivity index (χ0n) is 15.6. The first-order chi connectivity index (χ1) is 11.8. The molecular weight excluding hydrogens is 318 g/mol. The number of aryl methyl sites for hydroxylation is 3. The lowest BCUT2D eigenvalue weighted by atomic mass is 9.82. The highest BCUT2D eigenvalue weighted by molar-refractivity contribution is 5.74. The van der Waals surface area contributed by atoms with Gasteiger partial charge in [-0.3, -0.25) is 9.48 Å². The molecule has 0 aliphatic carbocycles. The van der Waals surface area contributed by atoms with Crippen LogP contribution in [0.5, 0.6) is 0 Å². The minimum absolute atomic E-state index is 0.220. The van der Waals surface area contributed by atoms with E-state index in [2.05, 4.69) is 17.2 Å². The van der Waals surface area contributed by atoms with E-state index < -0.39 is 17.5 Å². The molecule has 0 saturated carbocycles. The van der Waals surface area contributed by atoms with Gasteiger partial charge < -0.3 is 9.84 Å². The molecule has 0 spiro atoms. The molecule has 0 aliphatic rings. The Hall–Kier alpha value is -2.21. The number of aliphatic carboxylic acids is 1. The third kappa shape index (κ3) is 4.45. The Balaban J connectivity index is 2.25. The van der Waals surface area contributed by atoms with E-state index in [4.69, 9.17) is 4.74 Å². The lowest BCUT2D eigenvalue weighted by Crippen LogP contribution is -2.33. The summed E-state index contributed by atoms with van der Waals surface area (Å²) in [5.41, 5.74) is 2.76. The topological polar surface area (TPSA) is 77.2 Å². The van der Waals surface area contributed by atoms with E-state index in [1.807, 2.05) is 38.2 Å². The molecule has 2 rings (SSSR count). The van der Waals surface area contributed by atoms with Crippen molar-refractivity contribution < 1.29 is 14.6 Å². The summed E-state index contributed by atoms with van der Waals surface area (Å²) in [4.78, 5) is 11.8. The molecular formula is C19H27N3O3. The van der Waals surface area contributed by atoms with Gasteiger partial charge in [0.1, 0.15) is 5.69 Å². The normalized spacial score (nSPS) is 13.0. The number of hydrogen-bond donors (Lipinski definition) is 1. The minimum Gasteiger partial charge on any atom is -0.481 e. The van der Waals surface area contributed by atoms with Gasteiger partial charge in [0.05, 0.1) is 24.3 Å². The van der Waals surface area contributed by atoms with Crippen LogP contribution in [0.15, 0.2) is 24.4 Å². The molecule has 136 valence electrons. The van der Waals surface area contributed by atoms with Crippen LogP contribution in [-0.4, -0.2) is 26.1 Å². The Bertz CT molecular complexity index is 737. The molecule has 1 N–H and O–H groups in total. The van der Waals surface area contributed by atoms with Gasteiger partial charge in [-0.2, -0.15) is 0 Å². The largest absolute Gasteiger partial charge is 0.481 e. The van der Waals surface area contributed by atoms with Gasteiger partial charge in [0.15, 0.2) is 0 Å². The van der Waals surface area contributed by atoms with E-state index in [1.54, 1.807) is 18.5 Å². The third-order valence-electron chi connectivity index (χ3n) is 4.48. The van der Waals surface area contributed by atoms with Crippen LogP contribution in [0.2, 0.25) is 0 Å². The Morgan fingerprint density at radius 2 is 2.04 bits per heavy atom. The van der Waals surface area contributed by atoms with E-state index in [0.29, 0.717) is 5.69 Å². The Labute approximate surface area is 148 Å². The monoisotopic (exact) mass is 345 g/mol. The van der Waals surface area contributed by atoms with Gasteiger partial charge in [-0.1, -0.05) is 30.3 Å². The van der Waals surface area contributed by atoms with Crippen LogP contribution < -0.4 is 0 Å². The number of carboxylic acid groups (broad SMARTS) is 1. The van der Waals surface area contributed by atoms with Gasteiger partial charge in [0.2, 0.25) is 0 Å². The molecule has 0 fully saturated rings. The molecule has 0 amide bonds. The van der Waals surface area contributed by atoms with Crippen LogP contribution in [0, 0.1) is 19.3 Å². The van der Waals surface area contributed by atoms with Crippen molar-refractivity contribution in [2.75, 3.05) is 0 Å². The second-order valence-corrected chi connectivity index (χ2v) is 7.03. The zero-order valence-corrected chi connectivity index (χ0v) is 15.6. The fraction of sp³-hybridized carbons (Fsp3) is 0.526. The molecule has 1 aromatic heterocycles. The zero-order chi connectivity index (χ0) is 18.6. The van der Waals surface area contributed by atoms with Crippen molar-refractivity contribution in [1.29, 1.82) is 0 Å². The van der Waals surface area contributed by atoms with Crippen LogP contribution in [0.4, 0.5) is 0 Å². The van der Waals surface area contributed by atoms with Crippen LogP contribution in [0.3, 0.4) is 0 Å². The number of nitrogens with zero attached hydrogens (tertiary/aromatic N) is 3. The van der Waals surface area contributed by atoms with E-state index in [1.165, 1.54) is 0 Å². The predicted molar refractivity (Wildman–Crippen MR) is 95.2 cm³/mol. The van der Waals surface area contributed by atoms with Gasteiger partial charge in [-0.15, -0.1) is 5.10 Å². The molecule has 0 bridgehead atoms. The number of hydrogen-bond acceptors (Lipinski definition) is 4. The quantitative estimate of drug-likeness (QED) is 0.790. The van der Waals surface area contributed by atoms with Crippen LogP contribution in [-0.2, 0) is 22.7 Å². The van der Waals surface area contributed by atoms with Crippen LogP contribution in [0.25, 0.3) is 0 Å². The molecule has 1 aromatic carbocycles. The molecule has 1 heterocycles. The van der Waals surface area contributed by atoms with Gasteiger partial charge in [0, 0.05) is 6.54 Å². The maximum absolute atomic E-state index is 11.8. The molecule has 6 nitrogen and oxygen atoms in total. The molecule has 6 heteroatoms. The lowest BCUT2D eigenvalue weighted by molar-refractivity contribution is -0.158. The van der Waals surface area contributed by atoms with Crippen molar-refractivity contribution in [3.05, 3.63) is 46.8 Å². The van der Waals surface area contributed by atoms with Crippen molar-refractivity contribution in [2.45, 2.75) is 60.3 Å². The van der Waals surface area contributed by atoms with Crippen LogP contribution in [0.1, 0.15) is 55.7 Å². The maximum Gasteiger partial charge on any atom is 0.312 e. The van der Waals surface area contributed by atoms with Gasteiger partial charge >= 0.3 is 5.97 Å². The summed E-state index contributed by atoms with van der Waals surface area (Å²) in [5, 5.41) is 17.8. The highest BCUT2D eigenvalue weighted by Crippen LogP contribution is 2.38. The summed E-state index contributed by atoms with van der Waals surface area (Å²) >= 11 is 0. The van der Waals surface area contributed by atoms with E-state index in [0.717, 1.165) is 29.7 Å². The Morgan fingerprint density at radius 3 is 2.64 bits per heavy atom. The first kappa shape index (κ1) is 19.1. The average molecular weight is 345 g/mol. The van der Waals surface area contributed by atoms with Gasteiger partial charge in [-0.25, -0.2) is 0 Å². The maximum atomic E-state index is 11.8. The van der Waals surface area contributed by atoms with Gasteiger partial charge in [0.25, 0.3) is 0 Å². The highest BCUT2D eigenvalue weighted by atomic mass is 16.5. The molecule has 0 aliphatic heterocycles. The van der Waals surface area contributed by atoms with Crippen molar-refractivity contribution >= 4 is 5.97 Å². The van der Waals surface area contributed by atoms with E-state index in [-0.39, 0.29) is 6.61 Å². The fourth-order valence-corrected chi connectivity index (χ4v) is 2.67. The number of rotatable bonds is 8. The number of aromatic nitrogens is 3. The molecule has 1 atom stereocenters. The second-order valence-electron chi connectivity index (χ2n) is 7.03. The average Bonchev–Trinajstić information content (AvgIpc) is 2.98. The van der Waals surface area contributed by atoms with E-state index >= 15 is 0 Å². The van der Waals surface area contributed by atoms with E-state index in [9.17, 15) is 9.90 Å². The van der Waals surface area contributed by atoms with Crippen LogP contribution >= 0.6 is 0 Å². The summed E-state index contributed by atoms with van der Waals surface area (Å²) < 4.78 is 7.80. The molecule has 0 radical (unpaired) electrons. The smallest absolute Gasteiger partial charge is 0.312 e. The Kier molecular flexibility index (Phi) is 5.95. The summed E-state index contributed by atoms with van der Waals surface area (Å²) in [7, 11) is 0. The third-order valence-corrected chi connectivity index (χ3v) is 4.48. The molecule has 0 saturated heterocycles. The van der Waals surface area contributed by atoms with Crippen molar-refractivity contribution in [3.63, 3.8) is 0 Å². The SMILES string of the molecule is CCCn1cc(COC(c2ccc(C)c(C)c2)C(C)(C)C(=O)O)nn1. The number of carbonyl (C=O) groups is 1. The van der Waals surface area contributed by atoms with Crippen molar-refractivity contribution in [2.24, 2.45) is 5.41 Å². The first-order valence-corrected chi connectivity index (χ1v) is 8.56. The fourth-order valence-electron chi connectivity index (χ4n) is 2.67. The number of ether oxygens (including phenoxy) is 1. The number of benzene rings is 1. The predicted octanol–water partition coefficient (Wildman–Crippen LogP) is 3.67. The minimum atomic E-state index is -1.07. The number of carboxylic acids is 1. The second kappa shape index (κ2) is 7.78. The molecule has 25 heavy (non-hydrogen) atoms. The standard InChI is InChI=1S/C19H27N3O3/c1-6-9-22-11-16(20-21-22)12-25-17(19(4,5)18(23)24)15-8-7-13(2)14(3)10-15/h7-8,10-11,17H,6,9,12H2,1-5H3,(H,23,24). The van der Waals surface area contributed by atoms with Crippen molar-refractivity contribution in [1.82, 2.24) is 15.0 Å². The van der Waals surface area contributed by atoms with Crippen molar-refractivity contribution in [3.8, 4) is 0 Å².